The predicted molar refractivity (Wildman–Crippen MR) is 74.7 cm³/mol. The Morgan fingerprint density at radius 1 is 1.62 bits per heavy atom. The van der Waals surface area contributed by atoms with Gasteiger partial charge in [0.25, 0.3) is 0 Å². The molecule has 6 nitrogen and oxygen atoms in total. The normalized spacial score (nSPS) is 18.0. The Balaban J connectivity index is 2.58. The number of carbonyl (C=O) groups is 1. The van der Waals surface area contributed by atoms with Gasteiger partial charge in [0.05, 0.1) is 18.1 Å². The number of pyridine rings is 1. The smallest absolute Gasteiger partial charge is 0.336 e. The summed E-state index contributed by atoms with van der Waals surface area (Å²) in [7, 11) is 0. The van der Waals surface area contributed by atoms with Gasteiger partial charge >= 0.3 is 5.97 Å². The zero-order chi connectivity index (χ0) is 15.4. The Hall–Kier alpha value is -2.81. The highest BCUT2D eigenvalue weighted by atomic mass is 16.5. The Labute approximate surface area is 122 Å². The first-order valence-corrected chi connectivity index (χ1v) is 6.48. The van der Waals surface area contributed by atoms with E-state index in [1.807, 2.05) is 6.07 Å². The molecular formula is C15H15N3O3. The maximum absolute atomic E-state index is 12.2. The number of hydrogen-bond acceptors (Lipinski definition) is 6. The number of nitriles is 1. The van der Waals surface area contributed by atoms with Crippen LogP contribution < -0.4 is 5.32 Å². The van der Waals surface area contributed by atoms with E-state index in [0.717, 1.165) is 0 Å². The third-order valence-electron chi connectivity index (χ3n) is 3.18. The second-order valence-corrected chi connectivity index (χ2v) is 4.48. The third-order valence-corrected chi connectivity index (χ3v) is 3.18. The Morgan fingerprint density at radius 3 is 2.95 bits per heavy atom. The lowest BCUT2D eigenvalue weighted by atomic mass is 9.83. The highest BCUT2D eigenvalue weighted by Gasteiger charge is 2.35. The molecule has 2 heterocycles. The lowest BCUT2D eigenvalue weighted by Crippen LogP contribution is -2.29. The van der Waals surface area contributed by atoms with Crippen LogP contribution in [0.2, 0.25) is 0 Å². The number of dihydropyridines is 1. The fraction of sp³-hybridized carbons (Fsp3) is 0.267. The van der Waals surface area contributed by atoms with Gasteiger partial charge in [-0.3, -0.25) is 4.98 Å². The van der Waals surface area contributed by atoms with Gasteiger partial charge < -0.3 is 15.2 Å². The lowest BCUT2D eigenvalue weighted by Gasteiger charge is -2.26. The molecule has 1 aliphatic heterocycles. The van der Waals surface area contributed by atoms with E-state index in [9.17, 15) is 15.2 Å². The first-order chi connectivity index (χ1) is 10.1. The highest BCUT2D eigenvalue weighted by molar-refractivity contribution is 5.92. The predicted octanol–water partition coefficient (Wildman–Crippen LogP) is 1.90. The second kappa shape index (κ2) is 6.09. The molecule has 0 saturated carbocycles. The van der Waals surface area contributed by atoms with E-state index in [1.165, 1.54) is 0 Å². The van der Waals surface area contributed by atoms with Crippen LogP contribution in [0.5, 0.6) is 0 Å². The third kappa shape index (κ3) is 2.72. The number of rotatable bonds is 3. The number of nitrogens with one attached hydrogen (secondary N) is 1. The summed E-state index contributed by atoms with van der Waals surface area (Å²) in [6, 6.07) is 5.41. The van der Waals surface area contributed by atoms with Crippen LogP contribution in [0.1, 0.15) is 25.3 Å². The van der Waals surface area contributed by atoms with Gasteiger partial charge in [-0.05, 0) is 25.5 Å². The molecule has 1 atom stereocenters. The number of aliphatic hydroxyl groups is 1. The quantitative estimate of drug-likeness (QED) is 0.823. The van der Waals surface area contributed by atoms with Crippen LogP contribution in [-0.2, 0) is 9.53 Å². The topological polar surface area (TPSA) is 95.2 Å². The van der Waals surface area contributed by atoms with Crippen LogP contribution in [0, 0.1) is 11.3 Å². The van der Waals surface area contributed by atoms with Gasteiger partial charge in [-0.1, -0.05) is 6.07 Å². The average Bonchev–Trinajstić information content (AvgIpc) is 2.47. The maximum Gasteiger partial charge on any atom is 0.336 e. The molecular weight excluding hydrogens is 270 g/mol. The summed E-state index contributed by atoms with van der Waals surface area (Å²) < 4.78 is 5.06. The number of aromatic nitrogens is 1. The lowest BCUT2D eigenvalue weighted by molar-refractivity contribution is -0.138. The molecule has 0 aromatic carbocycles. The van der Waals surface area contributed by atoms with Gasteiger partial charge in [0.2, 0.25) is 5.88 Å². The number of esters is 1. The van der Waals surface area contributed by atoms with Gasteiger partial charge in [0.1, 0.15) is 11.6 Å². The van der Waals surface area contributed by atoms with Crippen molar-refractivity contribution in [1.29, 1.82) is 5.26 Å². The number of aliphatic hydroxyl groups excluding tert-OH is 1. The minimum Gasteiger partial charge on any atom is -0.494 e. The molecule has 2 N–H and O–H groups in total. The molecule has 0 amide bonds. The van der Waals surface area contributed by atoms with Gasteiger partial charge in [-0.15, -0.1) is 0 Å². The zero-order valence-corrected chi connectivity index (χ0v) is 11.8. The number of hydrogen-bond donors (Lipinski definition) is 2. The van der Waals surface area contributed by atoms with Gasteiger partial charge in [-0.2, -0.15) is 5.26 Å². The molecule has 1 aliphatic rings. The zero-order valence-electron chi connectivity index (χ0n) is 11.8. The Kier molecular flexibility index (Phi) is 4.24. The van der Waals surface area contributed by atoms with Crippen LogP contribution in [0.3, 0.4) is 0 Å². The van der Waals surface area contributed by atoms with Crippen molar-refractivity contribution in [1.82, 2.24) is 10.3 Å². The standard InChI is InChI=1S/C15H15N3O3/c1-3-21-15(20)12-9(2)18-14(19)11(7-16)13(12)10-5-4-6-17-8-10/h4-6,8,13,18-19H,3H2,1-2H3. The summed E-state index contributed by atoms with van der Waals surface area (Å²) in [5, 5.41) is 21.9. The minimum atomic E-state index is -0.691. The Morgan fingerprint density at radius 2 is 2.38 bits per heavy atom. The Bertz CT molecular complexity index is 656. The summed E-state index contributed by atoms with van der Waals surface area (Å²) in [5.41, 5.74) is 1.47. The van der Waals surface area contributed by atoms with Gasteiger partial charge in [0.15, 0.2) is 0 Å². The van der Waals surface area contributed by atoms with E-state index in [4.69, 9.17) is 4.74 Å². The van der Waals surface area contributed by atoms with Crippen LogP contribution in [0.15, 0.2) is 47.3 Å². The number of allylic oxidation sites excluding steroid dienone is 2. The first kappa shape index (κ1) is 14.6. The molecule has 0 spiro atoms. The molecule has 0 saturated heterocycles. The van der Waals surface area contributed by atoms with E-state index in [0.29, 0.717) is 16.8 Å². The average molecular weight is 285 g/mol. The fourth-order valence-corrected chi connectivity index (χ4v) is 2.29. The highest BCUT2D eigenvalue weighted by Crippen LogP contribution is 2.37. The van der Waals surface area contributed by atoms with Crippen molar-refractivity contribution in [3.05, 3.63) is 52.8 Å². The van der Waals surface area contributed by atoms with Crippen LogP contribution >= 0.6 is 0 Å². The monoisotopic (exact) mass is 285 g/mol. The van der Waals surface area contributed by atoms with E-state index >= 15 is 0 Å². The summed E-state index contributed by atoms with van der Waals surface area (Å²) in [4.78, 5) is 16.2. The van der Waals surface area contributed by atoms with Gasteiger partial charge in [0, 0.05) is 18.1 Å². The number of nitrogens with zero attached hydrogens (tertiary/aromatic N) is 2. The van der Waals surface area contributed by atoms with Gasteiger partial charge in [-0.25, -0.2) is 4.79 Å². The summed E-state index contributed by atoms with van der Waals surface area (Å²) in [5.74, 6) is -1.46. The van der Waals surface area contributed by atoms with Crippen molar-refractivity contribution in [2.24, 2.45) is 0 Å². The van der Waals surface area contributed by atoms with Crippen molar-refractivity contribution in [2.45, 2.75) is 19.8 Å². The molecule has 1 unspecified atom stereocenters. The second-order valence-electron chi connectivity index (χ2n) is 4.48. The van der Waals surface area contributed by atoms with Crippen LogP contribution in [0.4, 0.5) is 0 Å². The van der Waals surface area contributed by atoms with E-state index < -0.39 is 11.9 Å². The van der Waals surface area contributed by atoms with Crippen molar-refractivity contribution in [2.75, 3.05) is 6.61 Å². The van der Waals surface area contributed by atoms with E-state index in [2.05, 4.69) is 10.3 Å². The van der Waals surface area contributed by atoms with E-state index in [-0.39, 0.29) is 18.1 Å². The first-order valence-electron chi connectivity index (χ1n) is 6.48. The van der Waals surface area contributed by atoms with Crippen molar-refractivity contribution >= 4 is 5.97 Å². The molecule has 0 fully saturated rings. The summed E-state index contributed by atoms with van der Waals surface area (Å²) in [6.07, 6.45) is 3.16. The van der Waals surface area contributed by atoms with E-state index in [1.54, 1.807) is 38.4 Å². The molecule has 6 heteroatoms. The molecule has 21 heavy (non-hydrogen) atoms. The summed E-state index contributed by atoms with van der Waals surface area (Å²) >= 11 is 0. The number of ether oxygens (including phenoxy) is 1. The molecule has 1 aromatic heterocycles. The van der Waals surface area contributed by atoms with Crippen molar-refractivity contribution in [3.8, 4) is 6.07 Å². The molecule has 0 aliphatic carbocycles. The molecule has 108 valence electrons. The molecule has 1 aromatic rings. The molecule has 0 bridgehead atoms. The van der Waals surface area contributed by atoms with Crippen molar-refractivity contribution in [3.63, 3.8) is 0 Å². The molecule has 2 rings (SSSR count). The van der Waals surface area contributed by atoms with Crippen molar-refractivity contribution < 1.29 is 14.6 Å². The van der Waals surface area contributed by atoms with Crippen LogP contribution in [0.25, 0.3) is 0 Å². The summed E-state index contributed by atoms with van der Waals surface area (Å²) in [6.45, 7) is 3.59. The molecule has 0 radical (unpaired) electrons. The maximum atomic E-state index is 12.2. The largest absolute Gasteiger partial charge is 0.494 e. The number of carbonyl (C=O) groups excluding carboxylic acids is 1. The van der Waals surface area contributed by atoms with Crippen LogP contribution in [-0.4, -0.2) is 22.7 Å². The minimum absolute atomic E-state index is 0.0663. The SMILES string of the molecule is CCOC(=O)C1=C(C)NC(O)=C(C#N)C1c1cccnc1. The fourth-order valence-electron chi connectivity index (χ4n) is 2.29.